The highest BCUT2D eigenvalue weighted by Gasteiger charge is 2.47. The molecule has 2 rings (SSSR count). The number of nitrogens with two attached hydrogens (primary N) is 1. The first-order chi connectivity index (χ1) is 12.7. The molecule has 0 aromatic heterocycles. The average molecular weight is 417 g/mol. The number of carbonyl (C=O) groups is 1. The fourth-order valence-electron chi connectivity index (χ4n) is 3.57. The molecule has 0 saturated heterocycles. The monoisotopic (exact) mass is 416 g/mol. The molecule has 1 saturated carbocycles. The molecule has 0 spiro atoms. The number of benzene rings is 1. The van der Waals surface area contributed by atoms with Crippen LogP contribution in [0.2, 0.25) is 16.4 Å². The van der Waals surface area contributed by atoms with Gasteiger partial charge in [0.2, 0.25) is 0 Å². The van der Waals surface area contributed by atoms with Gasteiger partial charge in [0, 0.05) is 16.1 Å². The maximum absolute atomic E-state index is 11.7. The highest BCUT2D eigenvalue weighted by molar-refractivity contribution is 6.40. The van der Waals surface area contributed by atoms with Gasteiger partial charge >= 0.3 is 13.1 Å². The molecule has 0 amide bonds. The molecule has 150 valence electrons. The summed E-state index contributed by atoms with van der Waals surface area (Å²) in [7, 11) is -1.35. The van der Waals surface area contributed by atoms with Crippen molar-refractivity contribution in [2.45, 2.75) is 56.4 Å². The molecule has 6 nitrogen and oxygen atoms in total. The van der Waals surface area contributed by atoms with Crippen LogP contribution >= 0.6 is 23.2 Å². The predicted molar refractivity (Wildman–Crippen MR) is 108 cm³/mol. The molecule has 1 fully saturated rings. The van der Waals surface area contributed by atoms with Crippen molar-refractivity contribution < 1.29 is 19.9 Å². The summed E-state index contributed by atoms with van der Waals surface area (Å²) in [6.07, 6.45) is 3.89. The molecule has 0 heterocycles. The number of hydrogen-bond donors (Lipinski definition) is 5. The van der Waals surface area contributed by atoms with Crippen LogP contribution in [-0.4, -0.2) is 46.4 Å². The molecule has 0 bridgehead atoms. The van der Waals surface area contributed by atoms with Crippen molar-refractivity contribution in [1.82, 2.24) is 5.32 Å². The van der Waals surface area contributed by atoms with Gasteiger partial charge in [-0.2, -0.15) is 0 Å². The standard InChI is InChI=1S/C18H27BCl2N2O4/c20-14-4-3-12(16(21)11-14)5-8-23-15-9-13(10-15)18(22,17(24)25)6-1-2-7-19(26)27/h3-4,11,13,15,23,26-27H,1-2,5-10,22H2,(H,24,25). The molecular formula is C18H27BCl2N2O4. The van der Waals surface area contributed by atoms with Crippen molar-refractivity contribution >= 4 is 36.3 Å². The van der Waals surface area contributed by atoms with Crippen LogP contribution < -0.4 is 11.1 Å². The van der Waals surface area contributed by atoms with Crippen molar-refractivity contribution in [2.75, 3.05) is 6.54 Å². The van der Waals surface area contributed by atoms with Gasteiger partial charge in [-0.05, 0) is 62.2 Å². The first-order valence-corrected chi connectivity index (χ1v) is 10.0. The Morgan fingerprint density at radius 1 is 1.30 bits per heavy atom. The van der Waals surface area contributed by atoms with Gasteiger partial charge in [-0.1, -0.05) is 42.1 Å². The maximum Gasteiger partial charge on any atom is 0.451 e. The molecular weight excluding hydrogens is 390 g/mol. The Hall–Kier alpha value is -0.825. The molecule has 1 aliphatic carbocycles. The summed E-state index contributed by atoms with van der Waals surface area (Å²) in [5.41, 5.74) is 5.97. The van der Waals surface area contributed by atoms with E-state index >= 15 is 0 Å². The lowest BCUT2D eigenvalue weighted by molar-refractivity contribution is -0.148. The minimum absolute atomic E-state index is 0.0781. The average Bonchev–Trinajstić information content (AvgIpc) is 2.54. The second-order valence-corrected chi connectivity index (χ2v) is 8.22. The van der Waals surface area contributed by atoms with Gasteiger partial charge in [-0.25, -0.2) is 0 Å². The Labute approximate surface area is 170 Å². The molecule has 27 heavy (non-hydrogen) atoms. The van der Waals surface area contributed by atoms with E-state index < -0.39 is 18.6 Å². The Morgan fingerprint density at radius 3 is 2.59 bits per heavy atom. The number of carboxylic acid groups (broad SMARTS) is 1. The quantitative estimate of drug-likeness (QED) is 0.279. The van der Waals surface area contributed by atoms with Crippen LogP contribution in [0.4, 0.5) is 0 Å². The van der Waals surface area contributed by atoms with Crippen molar-refractivity contribution in [3.8, 4) is 0 Å². The lowest BCUT2D eigenvalue weighted by atomic mass is 9.66. The lowest BCUT2D eigenvalue weighted by Gasteiger charge is -2.45. The van der Waals surface area contributed by atoms with E-state index in [4.69, 9.17) is 39.0 Å². The molecule has 6 N–H and O–H groups in total. The molecule has 1 aromatic carbocycles. The summed E-state index contributed by atoms with van der Waals surface area (Å²) in [4.78, 5) is 11.7. The number of carboxylic acids is 1. The van der Waals surface area contributed by atoms with E-state index in [1.165, 1.54) is 0 Å². The third-order valence-electron chi connectivity index (χ3n) is 5.41. The minimum Gasteiger partial charge on any atom is -0.480 e. The molecule has 0 radical (unpaired) electrons. The summed E-state index contributed by atoms with van der Waals surface area (Å²) < 4.78 is 0. The first kappa shape index (κ1) is 22.5. The third kappa shape index (κ3) is 6.34. The lowest BCUT2D eigenvalue weighted by Crippen LogP contribution is -2.61. The van der Waals surface area contributed by atoms with Crippen LogP contribution in [0.25, 0.3) is 0 Å². The fraction of sp³-hybridized carbons (Fsp3) is 0.611. The summed E-state index contributed by atoms with van der Waals surface area (Å²) in [5, 5.41) is 32.0. The van der Waals surface area contributed by atoms with Crippen molar-refractivity contribution in [2.24, 2.45) is 11.7 Å². The molecule has 1 unspecified atom stereocenters. The van der Waals surface area contributed by atoms with Gasteiger partial charge < -0.3 is 26.2 Å². The summed E-state index contributed by atoms with van der Waals surface area (Å²) >= 11 is 12.1. The van der Waals surface area contributed by atoms with Crippen molar-refractivity contribution in [1.29, 1.82) is 0 Å². The van der Waals surface area contributed by atoms with E-state index in [2.05, 4.69) is 5.32 Å². The maximum atomic E-state index is 11.7. The Balaban J connectivity index is 1.74. The fourth-order valence-corrected chi connectivity index (χ4v) is 4.07. The highest BCUT2D eigenvalue weighted by atomic mass is 35.5. The van der Waals surface area contributed by atoms with E-state index in [0.717, 1.165) is 31.4 Å². The van der Waals surface area contributed by atoms with Crippen molar-refractivity contribution in [3.05, 3.63) is 33.8 Å². The Kier molecular flexibility index (Phi) is 8.40. The van der Waals surface area contributed by atoms with Gasteiger partial charge in [0.25, 0.3) is 0 Å². The molecule has 1 atom stereocenters. The van der Waals surface area contributed by atoms with Crippen LogP contribution in [0.3, 0.4) is 0 Å². The van der Waals surface area contributed by atoms with E-state index in [1.807, 2.05) is 12.1 Å². The van der Waals surface area contributed by atoms with E-state index in [-0.39, 0.29) is 18.3 Å². The number of aliphatic carboxylic acids is 1. The minimum atomic E-state index is -1.35. The number of hydrogen-bond acceptors (Lipinski definition) is 5. The summed E-state index contributed by atoms with van der Waals surface area (Å²) in [6.45, 7) is 0.748. The largest absolute Gasteiger partial charge is 0.480 e. The zero-order valence-electron chi connectivity index (χ0n) is 15.2. The normalized spacial score (nSPS) is 21.4. The SMILES string of the molecule is NC(CCCCB(O)O)(C(=O)O)C1CC(NCCc2ccc(Cl)cc2Cl)C1. The number of halogens is 2. The van der Waals surface area contributed by atoms with Crippen LogP contribution in [-0.2, 0) is 11.2 Å². The van der Waals surface area contributed by atoms with Crippen LogP contribution in [0.1, 0.15) is 37.7 Å². The van der Waals surface area contributed by atoms with Gasteiger partial charge in [0.15, 0.2) is 0 Å². The zero-order chi connectivity index (χ0) is 20.0. The topological polar surface area (TPSA) is 116 Å². The van der Waals surface area contributed by atoms with Gasteiger partial charge in [-0.15, -0.1) is 0 Å². The zero-order valence-corrected chi connectivity index (χ0v) is 16.7. The van der Waals surface area contributed by atoms with Gasteiger partial charge in [0.1, 0.15) is 5.54 Å². The molecule has 1 aliphatic rings. The van der Waals surface area contributed by atoms with E-state index in [1.54, 1.807) is 6.07 Å². The van der Waals surface area contributed by atoms with Gasteiger partial charge in [-0.3, -0.25) is 4.79 Å². The first-order valence-electron chi connectivity index (χ1n) is 9.28. The number of nitrogens with one attached hydrogen (secondary N) is 1. The second kappa shape index (κ2) is 10.1. The second-order valence-electron chi connectivity index (χ2n) is 7.38. The predicted octanol–water partition coefficient (Wildman–Crippen LogP) is 2.33. The Bertz CT molecular complexity index is 644. The Morgan fingerprint density at radius 2 is 2.00 bits per heavy atom. The molecule has 0 aliphatic heterocycles. The third-order valence-corrected chi connectivity index (χ3v) is 6.00. The number of rotatable bonds is 11. The van der Waals surface area contributed by atoms with Gasteiger partial charge in [0.05, 0.1) is 0 Å². The van der Waals surface area contributed by atoms with Crippen LogP contribution in [0.5, 0.6) is 0 Å². The van der Waals surface area contributed by atoms with E-state index in [0.29, 0.717) is 29.3 Å². The smallest absolute Gasteiger partial charge is 0.451 e. The van der Waals surface area contributed by atoms with E-state index in [9.17, 15) is 9.90 Å². The summed E-state index contributed by atoms with van der Waals surface area (Å²) in [6, 6.07) is 5.70. The van der Waals surface area contributed by atoms with Crippen LogP contribution in [0, 0.1) is 5.92 Å². The molecule has 9 heteroatoms. The highest BCUT2D eigenvalue weighted by Crippen LogP contribution is 2.38. The number of unbranched alkanes of at least 4 members (excludes halogenated alkanes) is 1. The van der Waals surface area contributed by atoms with Crippen LogP contribution in [0.15, 0.2) is 18.2 Å². The summed E-state index contributed by atoms with van der Waals surface area (Å²) in [5.74, 6) is -1.06. The molecule has 1 aromatic rings. The van der Waals surface area contributed by atoms with Crippen molar-refractivity contribution in [3.63, 3.8) is 0 Å².